The highest BCUT2D eigenvalue weighted by molar-refractivity contribution is 6.20. The fourth-order valence-electron chi connectivity index (χ4n) is 6.31. The van der Waals surface area contributed by atoms with Crippen molar-refractivity contribution in [2.24, 2.45) is 0 Å². The van der Waals surface area contributed by atoms with Crippen LogP contribution in [0.2, 0.25) is 0 Å². The monoisotopic (exact) mass is 450 g/mol. The van der Waals surface area contributed by atoms with Gasteiger partial charge in [-0.2, -0.15) is 4.98 Å². The van der Waals surface area contributed by atoms with Crippen molar-refractivity contribution in [1.82, 2.24) is 9.55 Å². The van der Waals surface area contributed by atoms with Crippen molar-refractivity contribution in [2.75, 3.05) is 0 Å². The topological polar surface area (TPSA) is 31.0 Å². The Morgan fingerprint density at radius 2 is 1.37 bits per heavy atom. The molecule has 0 amide bonds. The zero-order chi connectivity index (χ0) is 23.3. The van der Waals surface area contributed by atoms with Gasteiger partial charge in [0, 0.05) is 21.6 Å². The third-order valence-corrected chi connectivity index (χ3v) is 7.82. The van der Waals surface area contributed by atoms with E-state index in [0.717, 1.165) is 22.1 Å². The van der Waals surface area contributed by atoms with Crippen LogP contribution in [0.3, 0.4) is 0 Å². The van der Waals surface area contributed by atoms with Gasteiger partial charge in [-0.3, -0.25) is 4.57 Å². The molecule has 166 valence electrons. The molecule has 2 heterocycles. The van der Waals surface area contributed by atoms with Gasteiger partial charge in [-0.15, -0.1) is 0 Å². The highest BCUT2D eigenvalue weighted by Gasteiger charge is 2.37. The smallest absolute Gasteiger partial charge is 0.307 e. The predicted molar refractivity (Wildman–Crippen MR) is 143 cm³/mol. The maximum absolute atomic E-state index is 6.31. The molecule has 0 radical (unpaired) electrons. The Balaban J connectivity index is 1.55. The van der Waals surface area contributed by atoms with Crippen molar-refractivity contribution >= 4 is 43.7 Å². The molecule has 0 saturated carbocycles. The van der Waals surface area contributed by atoms with Crippen LogP contribution in [0.4, 0.5) is 0 Å². The number of benzene rings is 5. The van der Waals surface area contributed by atoms with Gasteiger partial charge in [-0.25, -0.2) is 0 Å². The van der Waals surface area contributed by atoms with E-state index >= 15 is 0 Å². The van der Waals surface area contributed by atoms with Crippen molar-refractivity contribution in [3.8, 4) is 17.1 Å². The summed E-state index contributed by atoms with van der Waals surface area (Å²) >= 11 is 0. The van der Waals surface area contributed by atoms with Crippen LogP contribution >= 0.6 is 0 Å². The van der Waals surface area contributed by atoms with E-state index in [0.29, 0.717) is 6.01 Å². The minimum absolute atomic E-state index is 0.0758. The van der Waals surface area contributed by atoms with Crippen LogP contribution in [0.25, 0.3) is 60.8 Å². The van der Waals surface area contributed by atoms with Gasteiger partial charge in [0.25, 0.3) is 0 Å². The summed E-state index contributed by atoms with van der Waals surface area (Å²) in [6.45, 7) is 4.69. The number of fused-ring (bicyclic) bond motifs is 10. The summed E-state index contributed by atoms with van der Waals surface area (Å²) < 4.78 is 8.52. The quantitative estimate of drug-likeness (QED) is 0.251. The second-order valence-electron chi connectivity index (χ2n) is 10.0. The molecule has 0 N–H and O–H groups in total. The number of hydrogen-bond acceptors (Lipinski definition) is 2. The summed E-state index contributed by atoms with van der Waals surface area (Å²) in [6, 6.07) is 35.1. The Morgan fingerprint density at radius 3 is 2.29 bits per heavy atom. The Bertz CT molecular complexity index is 1950. The van der Waals surface area contributed by atoms with Gasteiger partial charge in [0.05, 0.1) is 11.0 Å². The molecule has 1 aliphatic carbocycles. The maximum Gasteiger partial charge on any atom is 0.307 e. The Kier molecular flexibility index (Phi) is 3.47. The number of para-hydroxylation sites is 3. The molecular formula is C32H22N2O. The molecule has 1 aliphatic rings. The molecule has 35 heavy (non-hydrogen) atoms. The summed E-state index contributed by atoms with van der Waals surface area (Å²) in [5.74, 6) is 0. The van der Waals surface area contributed by atoms with Crippen LogP contribution in [-0.4, -0.2) is 9.55 Å². The standard InChI is InChI=1S/C32H22N2O/c1-32(2)25-11-5-3-9-19(25)21-15-18-24-22(29(21)32)16-17-23-20-10-4-7-13-27(20)34(30(23)24)31-33-26-12-6-8-14-28(26)35-31/h3-18H,1-2H3. The molecular weight excluding hydrogens is 428 g/mol. The summed E-state index contributed by atoms with van der Waals surface area (Å²) in [5, 5.41) is 4.93. The first-order chi connectivity index (χ1) is 17.1. The lowest BCUT2D eigenvalue weighted by atomic mass is 9.80. The van der Waals surface area contributed by atoms with Crippen molar-refractivity contribution in [1.29, 1.82) is 0 Å². The van der Waals surface area contributed by atoms with Gasteiger partial charge in [0.15, 0.2) is 5.58 Å². The van der Waals surface area contributed by atoms with Crippen LogP contribution in [0.15, 0.2) is 101 Å². The molecule has 0 unspecified atom stereocenters. The van der Waals surface area contributed by atoms with Crippen LogP contribution in [0.1, 0.15) is 25.0 Å². The average molecular weight is 451 g/mol. The van der Waals surface area contributed by atoms with E-state index in [2.05, 4.69) is 91.2 Å². The number of oxazole rings is 1. The molecule has 0 saturated heterocycles. The van der Waals surface area contributed by atoms with E-state index in [4.69, 9.17) is 9.40 Å². The molecule has 2 aromatic heterocycles. The Hall–Kier alpha value is -4.37. The summed E-state index contributed by atoms with van der Waals surface area (Å²) in [6.07, 6.45) is 0. The van der Waals surface area contributed by atoms with Crippen LogP contribution in [-0.2, 0) is 5.41 Å². The Morgan fingerprint density at radius 1 is 0.657 bits per heavy atom. The first-order valence-electron chi connectivity index (χ1n) is 12.1. The van der Waals surface area contributed by atoms with Gasteiger partial charge in [0.1, 0.15) is 5.52 Å². The predicted octanol–water partition coefficient (Wildman–Crippen LogP) is 8.38. The fraction of sp³-hybridized carbons (Fsp3) is 0.0938. The van der Waals surface area contributed by atoms with Crippen molar-refractivity contribution in [2.45, 2.75) is 19.3 Å². The second kappa shape index (κ2) is 6.39. The first-order valence-corrected chi connectivity index (χ1v) is 12.1. The zero-order valence-corrected chi connectivity index (χ0v) is 19.5. The third-order valence-electron chi connectivity index (χ3n) is 7.82. The molecule has 5 aromatic carbocycles. The molecule has 3 heteroatoms. The van der Waals surface area contributed by atoms with E-state index in [1.165, 1.54) is 43.8 Å². The van der Waals surface area contributed by atoms with Crippen LogP contribution in [0, 0.1) is 0 Å². The fourth-order valence-corrected chi connectivity index (χ4v) is 6.31. The van der Waals surface area contributed by atoms with E-state index in [9.17, 15) is 0 Å². The molecule has 0 fully saturated rings. The van der Waals surface area contributed by atoms with Crippen molar-refractivity contribution in [3.05, 3.63) is 108 Å². The van der Waals surface area contributed by atoms with E-state index in [1.54, 1.807) is 0 Å². The zero-order valence-electron chi connectivity index (χ0n) is 19.5. The first kappa shape index (κ1) is 19.0. The van der Waals surface area contributed by atoms with E-state index in [1.807, 2.05) is 24.3 Å². The normalized spacial score (nSPS) is 14.2. The lowest BCUT2D eigenvalue weighted by Gasteiger charge is -2.23. The highest BCUT2D eigenvalue weighted by atomic mass is 16.4. The van der Waals surface area contributed by atoms with Crippen molar-refractivity contribution in [3.63, 3.8) is 0 Å². The summed E-state index contributed by atoms with van der Waals surface area (Å²) in [5.41, 5.74) is 9.30. The lowest BCUT2D eigenvalue weighted by Crippen LogP contribution is -2.15. The second-order valence-corrected chi connectivity index (χ2v) is 10.0. The minimum Gasteiger partial charge on any atom is -0.423 e. The molecule has 8 rings (SSSR count). The maximum atomic E-state index is 6.31. The number of aromatic nitrogens is 2. The van der Waals surface area contributed by atoms with Crippen LogP contribution < -0.4 is 0 Å². The van der Waals surface area contributed by atoms with Gasteiger partial charge in [-0.1, -0.05) is 92.7 Å². The molecule has 3 nitrogen and oxygen atoms in total. The molecule has 0 atom stereocenters. The average Bonchev–Trinajstić information content (AvgIpc) is 3.53. The minimum atomic E-state index is -0.0758. The van der Waals surface area contributed by atoms with E-state index in [-0.39, 0.29) is 5.41 Å². The Labute approximate surface area is 202 Å². The van der Waals surface area contributed by atoms with Gasteiger partial charge >= 0.3 is 6.01 Å². The number of rotatable bonds is 1. The van der Waals surface area contributed by atoms with Gasteiger partial charge in [-0.05, 0) is 45.8 Å². The summed E-state index contributed by atoms with van der Waals surface area (Å²) in [7, 11) is 0. The number of nitrogens with zero attached hydrogens (tertiary/aromatic N) is 2. The van der Waals surface area contributed by atoms with Crippen LogP contribution in [0.5, 0.6) is 0 Å². The number of hydrogen-bond donors (Lipinski definition) is 0. The molecule has 0 spiro atoms. The van der Waals surface area contributed by atoms with Crippen molar-refractivity contribution < 1.29 is 4.42 Å². The molecule has 0 bridgehead atoms. The SMILES string of the molecule is CC1(C)c2ccccc2-c2ccc3c(ccc4c5ccccc5n(-c5nc6ccccc6o5)c34)c21. The lowest BCUT2D eigenvalue weighted by molar-refractivity contribution is 0.574. The highest BCUT2D eigenvalue weighted by Crippen LogP contribution is 2.52. The third kappa shape index (κ3) is 2.33. The van der Waals surface area contributed by atoms with E-state index < -0.39 is 0 Å². The molecule has 7 aromatic rings. The largest absolute Gasteiger partial charge is 0.423 e. The summed E-state index contributed by atoms with van der Waals surface area (Å²) in [4.78, 5) is 4.89. The van der Waals surface area contributed by atoms with Gasteiger partial charge < -0.3 is 4.42 Å². The molecule has 0 aliphatic heterocycles. The van der Waals surface area contributed by atoms with Gasteiger partial charge in [0.2, 0.25) is 0 Å².